The molecule has 7 nitrogen and oxygen atoms in total. The van der Waals surface area contributed by atoms with Gasteiger partial charge in [-0.3, -0.25) is 4.84 Å². The minimum Gasteiger partial charge on any atom is -0.492 e. The molecule has 0 aliphatic carbocycles. The highest BCUT2D eigenvalue weighted by molar-refractivity contribution is 8.93. The molecular formula is C14H20BrCl2N5O2. The Morgan fingerprint density at radius 2 is 1.92 bits per heavy atom. The van der Waals surface area contributed by atoms with E-state index in [1.165, 1.54) is 5.06 Å². The van der Waals surface area contributed by atoms with E-state index in [0.29, 0.717) is 35.4 Å². The molecule has 0 fully saturated rings. The van der Waals surface area contributed by atoms with Crippen molar-refractivity contribution in [3.05, 3.63) is 28.2 Å². The lowest BCUT2D eigenvalue weighted by molar-refractivity contribution is -0.158. The van der Waals surface area contributed by atoms with Crippen LogP contribution in [-0.4, -0.2) is 35.9 Å². The Hall–Kier alpha value is -1.22. The number of guanidine groups is 2. The van der Waals surface area contributed by atoms with Gasteiger partial charge in [-0.25, -0.2) is 4.99 Å². The summed E-state index contributed by atoms with van der Waals surface area (Å²) in [5, 5.41) is 2.50. The summed E-state index contributed by atoms with van der Waals surface area (Å²) >= 11 is 11.9. The predicted octanol–water partition coefficient (Wildman–Crippen LogP) is 2.95. The van der Waals surface area contributed by atoms with Crippen LogP contribution in [-0.2, 0) is 4.84 Å². The molecule has 1 aliphatic rings. The number of nitrogens with zero attached hydrogens (tertiary/aromatic N) is 3. The maximum atomic E-state index is 6.02. The van der Waals surface area contributed by atoms with Crippen LogP contribution in [0, 0.1) is 0 Å². The van der Waals surface area contributed by atoms with Crippen LogP contribution in [0.2, 0.25) is 10.0 Å². The van der Waals surface area contributed by atoms with Gasteiger partial charge in [0, 0.05) is 17.5 Å². The minimum absolute atomic E-state index is 0. The lowest BCUT2D eigenvalue weighted by Crippen LogP contribution is -2.53. The molecule has 0 radical (unpaired) electrons. The maximum Gasteiger partial charge on any atom is 0.226 e. The summed E-state index contributed by atoms with van der Waals surface area (Å²) in [5.74, 6) is 0.837. The molecule has 4 N–H and O–H groups in total. The summed E-state index contributed by atoms with van der Waals surface area (Å²) in [5.41, 5.74) is 10.7. The molecule has 1 aliphatic heterocycles. The highest BCUT2D eigenvalue weighted by Gasteiger charge is 2.32. The second kappa shape index (κ2) is 8.75. The fraction of sp³-hybridized carbons (Fsp3) is 0.429. The summed E-state index contributed by atoms with van der Waals surface area (Å²) in [7, 11) is 0. The molecule has 0 unspecified atom stereocenters. The van der Waals surface area contributed by atoms with Gasteiger partial charge in [0.05, 0.1) is 18.2 Å². The Kier molecular flexibility index (Phi) is 7.59. The van der Waals surface area contributed by atoms with Gasteiger partial charge in [-0.1, -0.05) is 23.2 Å². The average molecular weight is 441 g/mol. The number of nitrogens with two attached hydrogens (primary N) is 2. The summed E-state index contributed by atoms with van der Waals surface area (Å²) in [6.07, 6.45) is 0.613. The third kappa shape index (κ3) is 5.41. The number of ether oxygens (including phenoxy) is 1. The van der Waals surface area contributed by atoms with Gasteiger partial charge in [0.15, 0.2) is 5.66 Å². The molecule has 0 saturated carbocycles. The van der Waals surface area contributed by atoms with E-state index in [0.717, 1.165) is 0 Å². The van der Waals surface area contributed by atoms with E-state index in [1.54, 1.807) is 18.2 Å². The van der Waals surface area contributed by atoms with Crippen LogP contribution in [0.3, 0.4) is 0 Å². The third-order valence-corrected chi connectivity index (χ3v) is 3.53. The van der Waals surface area contributed by atoms with Gasteiger partial charge < -0.3 is 16.2 Å². The van der Waals surface area contributed by atoms with Crippen LogP contribution in [0.15, 0.2) is 28.2 Å². The second-order valence-corrected chi connectivity index (χ2v) is 6.18. The zero-order valence-electron chi connectivity index (χ0n) is 13.3. The smallest absolute Gasteiger partial charge is 0.226 e. The van der Waals surface area contributed by atoms with E-state index in [2.05, 4.69) is 9.98 Å². The second-order valence-electron chi connectivity index (χ2n) is 5.34. The van der Waals surface area contributed by atoms with E-state index in [9.17, 15) is 0 Å². The van der Waals surface area contributed by atoms with E-state index in [1.807, 2.05) is 13.8 Å². The number of hydrogen-bond acceptors (Lipinski definition) is 7. The minimum atomic E-state index is -0.715. The molecular weight excluding hydrogens is 421 g/mol. The number of halogens is 3. The Labute approximate surface area is 161 Å². The van der Waals surface area contributed by atoms with Crippen LogP contribution in [0.25, 0.3) is 0 Å². The average Bonchev–Trinajstić information content (AvgIpc) is 2.43. The predicted molar refractivity (Wildman–Crippen MR) is 102 cm³/mol. The van der Waals surface area contributed by atoms with Gasteiger partial charge in [-0.15, -0.1) is 17.0 Å². The van der Waals surface area contributed by atoms with Crippen molar-refractivity contribution in [1.29, 1.82) is 0 Å². The molecule has 0 spiro atoms. The Morgan fingerprint density at radius 3 is 2.58 bits per heavy atom. The van der Waals surface area contributed by atoms with Crippen molar-refractivity contribution in [2.75, 3.05) is 13.2 Å². The summed E-state index contributed by atoms with van der Waals surface area (Å²) in [6, 6.07) is 5.05. The van der Waals surface area contributed by atoms with Crippen molar-refractivity contribution < 1.29 is 9.57 Å². The van der Waals surface area contributed by atoms with Crippen molar-refractivity contribution in [3.8, 4) is 5.75 Å². The number of rotatable bonds is 6. The van der Waals surface area contributed by atoms with E-state index >= 15 is 0 Å². The molecule has 1 aromatic carbocycles. The van der Waals surface area contributed by atoms with Crippen molar-refractivity contribution in [3.63, 3.8) is 0 Å². The van der Waals surface area contributed by atoms with Crippen molar-refractivity contribution in [2.45, 2.75) is 25.9 Å². The van der Waals surface area contributed by atoms with E-state index in [4.69, 9.17) is 44.2 Å². The van der Waals surface area contributed by atoms with Gasteiger partial charge >= 0.3 is 0 Å². The lowest BCUT2D eigenvalue weighted by atomic mass is 10.2. The molecule has 0 saturated heterocycles. The van der Waals surface area contributed by atoms with Crippen LogP contribution >= 0.6 is 40.2 Å². The van der Waals surface area contributed by atoms with Gasteiger partial charge in [-0.05, 0) is 26.0 Å². The fourth-order valence-electron chi connectivity index (χ4n) is 2.00. The van der Waals surface area contributed by atoms with Crippen molar-refractivity contribution in [2.24, 2.45) is 21.5 Å². The van der Waals surface area contributed by atoms with Gasteiger partial charge in [0.2, 0.25) is 11.9 Å². The normalized spacial score (nSPS) is 16.1. The highest BCUT2D eigenvalue weighted by atomic mass is 79.9. The molecule has 0 amide bonds. The monoisotopic (exact) mass is 439 g/mol. The Bertz CT molecular complexity index is 640. The van der Waals surface area contributed by atoms with E-state index < -0.39 is 5.66 Å². The number of hydroxylamine groups is 2. The summed E-state index contributed by atoms with van der Waals surface area (Å²) in [4.78, 5) is 13.7. The molecule has 2 rings (SSSR count). The number of hydrogen-bond donors (Lipinski definition) is 2. The first kappa shape index (κ1) is 20.8. The molecule has 24 heavy (non-hydrogen) atoms. The number of benzene rings is 1. The largest absolute Gasteiger partial charge is 0.492 e. The maximum absolute atomic E-state index is 6.02. The van der Waals surface area contributed by atoms with Crippen LogP contribution in [0.5, 0.6) is 5.75 Å². The Balaban J connectivity index is 0.00000288. The quantitative estimate of drug-likeness (QED) is 0.662. The molecule has 1 aromatic rings. The fourth-order valence-corrected chi connectivity index (χ4v) is 2.34. The van der Waals surface area contributed by atoms with Crippen molar-refractivity contribution >= 4 is 52.1 Å². The van der Waals surface area contributed by atoms with Crippen LogP contribution in [0.1, 0.15) is 20.3 Å². The Morgan fingerprint density at radius 1 is 1.21 bits per heavy atom. The first-order valence-electron chi connectivity index (χ1n) is 7.00. The SMILES string of the molecule is Br.CC1(C)N=C(N)N=C(N)N1OCCCOc1cc(Cl)ccc1Cl. The van der Waals surface area contributed by atoms with Gasteiger partial charge in [0.1, 0.15) is 5.75 Å². The first-order chi connectivity index (χ1) is 10.8. The highest BCUT2D eigenvalue weighted by Crippen LogP contribution is 2.27. The van der Waals surface area contributed by atoms with Gasteiger partial charge in [0.25, 0.3) is 0 Å². The summed E-state index contributed by atoms with van der Waals surface area (Å²) < 4.78 is 5.58. The zero-order chi connectivity index (χ0) is 17.0. The lowest BCUT2D eigenvalue weighted by Gasteiger charge is -2.36. The van der Waals surface area contributed by atoms with Crippen LogP contribution in [0.4, 0.5) is 0 Å². The standard InChI is InChI=1S/C14H19Cl2N5O2.BrH/c1-14(2)20-12(17)19-13(18)21(14)23-7-3-6-22-11-8-9(15)4-5-10(11)16;/h4-5,8H,3,6-7H2,1-2H3,(H4,17,18,19,20);1H. The third-order valence-electron chi connectivity index (χ3n) is 2.98. The first-order valence-corrected chi connectivity index (χ1v) is 7.75. The van der Waals surface area contributed by atoms with Crippen molar-refractivity contribution in [1.82, 2.24) is 5.06 Å². The topological polar surface area (TPSA) is 98.5 Å². The molecule has 10 heteroatoms. The van der Waals surface area contributed by atoms with E-state index in [-0.39, 0.29) is 28.9 Å². The zero-order valence-corrected chi connectivity index (χ0v) is 16.6. The molecule has 0 bridgehead atoms. The summed E-state index contributed by atoms with van der Waals surface area (Å²) in [6.45, 7) is 4.43. The number of aliphatic imine (C=N–C) groups is 2. The molecule has 0 aromatic heterocycles. The van der Waals surface area contributed by atoms with Gasteiger partial charge in [-0.2, -0.15) is 10.1 Å². The van der Waals surface area contributed by atoms with Crippen LogP contribution < -0.4 is 16.2 Å². The molecule has 0 atom stereocenters. The molecule has 134 valence electrons. The molecule has 1 heterocycles.